The molecule has 3 rings (SSSR count). The third kappa shape index (κ3) is 1.38. The molecule has 1 aliphatic heterocycles. The highest BCUT2D eigenvalue weighted by molar-refractivity contribution is 5.76. The Hall–Kier alpha value is -1.55. The van der Waals surface area contributed by atoms with E-state index in [0.717, 1.165) is 30.4 Å². The van der Waals surface area contributed by atoms with Crippen LogP contribution in [0.25, 0.3) is 11.0 Å². The van der Waals surface area contributed by atoms with Crippen molar-refractivity contribution < 1.29 is 0 Å². The molecule has 0 bridgehead atoms. The zero-order valence-electron chi connectivity index (χ0n) is 9.29. The average Bonchev–Trinajstić information content (AvgIpc) is 2.83. The Morgan fingerprint density at radius 3 is 3.06 bits per heavy atom. The molecule has 4 nitrogen and oxygen atoms in total. The molecule has 16 heavy (non-hydrogen) atoms. The van der Waals surface area contributed by atoms with Crippen LogP contribution in [0.1, 0.15) is 24.6 Å². The highest BCUT2D eigenvalue weighted by Gasteiger charge is 2.20. The van der Waals surface area contributed by atoms with Crippen molar-refractivity contribution in [3.8, 4) is 0 Å². The van der Waals surface area contributed by atoms with Crippen molar-refractivity contribution in [3.05, 3.63) is 34.2 Å². The first-order valence-electron chi connectivity index (χ1n) is 5.70. The third-order valence-electron chi connectivity index (χ3n) is 3.22. The van der Waals surface area contributed by atoms with Gasteiger partial charge in [0.15, 0.2) is 0 Å². The molecule has 1 saturated heterocycles. The number of benzene rings is 1. The van der Waals surface area contributed by atoms with Crippen LogP contribution in [0.15, 0.2) is 23.0 Å². The molecule has 84 valence electrons. The summed E-state index contributed by atoms with van der Waals surface area (Å²) in [6.45, 7) is 3.03. The number of nitrogens with zero attached hydrogens (tertiary/aromatic N) is 1. The van der Waals surface area contributed by atoms with Crippen molar-refractivity contribution in [3.63, 3.8) is 0 Å². The Labute approximate surface area is 93.3 Å². The minimum atomic E-state index is -0.0139. The Balaban J connectivity index is 2.23. The van der Waals surface area contributed by atoms with Gasteiger partial charge in [0.05, 0.1) is 17.2 Å². The second-order valence-electron chi connectivity index (χ2n) is 4.43. The SMILES string of the molecule is Cc1ccc2c(c1)[nH]c(=O)n2C1CCCN1. The molecule has 4 heteroatoms. The first-order chi connectivity index (χ1) is 7.75. The van der Waals surface area contributed by atoms with Gasteiger partial charge in [0.1, 0.15) is 0 Å². The minimum absolute atomic E-state index is 0.0139. The molecule has 1 aromatic heterocycles. The lowest BCUT2D eigenvalue weighted by Crippen LogP contribution is -2.28. The number of rotatable bonds is 1. The van der Waals surface area contributed by atoms with E-state index < -0.39 is 0 Å². The maximum Gasteiger partial charge on any atom is 0.327 e. The molecule has 0 aliphatic carbocycles. The van der Waals surface area contributed by atoms with Crippen LogP contribution in [0.5, 0.6) is 0 Å². The van der Waals surface area contributed by atoms with Crippen LogP contribution in [-0.4, -0.2) is 16.1 Å². The average molecular weight is 217 g/mol. The zero-order valence-corrected chi connectivity index (χ0v) is 9.29. The van der Waals surface area contributed by atoms with Gasteiger partial charge in [-0.3, -0.25) is 9.88 Å². The van der Waals surface area contributed by atoms with Crippen LogP contribution in [0.3, 0.4) is 0 Å². The highest BCUT2D eigenvalue weighted by Crippen LogP contribution is 2.20. The molecule has 2 heterocycles. The van der Waals surface area contributed by atoms with Crippen molar-refractivity contribution in [2.45, 2.75) is 25.9 Å². The monoisotopic (exact) mass is 217 g/mol. The largest absolute Gasteiger partial charge is 0.327 e. The Kier molecular flexibility index (Phi) is 2.11. The van der Waals surface area contributed by atoms with Crippen LogP contribution in [-0.2, 0) is 0 Å². The fourth-order valence-electron chi connectivity index (χ4n) is 2.44. The summed E-state index contributed by atoms with van der Waals surface area (Å²) in [6, 6.07) is 6.08. The lowest BCUT2D eigenvalue weighted by molar-refractivity contribution is 0.469. The molecule has 1 fully saturated rings. The number of aromatic nitrogens is 2. The first-order valence-corrected chi connectivity index (χ1v) is 5.70. The van der Waals surface area contributed by atoms with E-state index in [9.17, 15) is 4.79 Å². The van der Waals surface area contributed by atoms with E-state index in [1.807, 2.05) is 29.7 Å². The second kappa shape index (κ2) is 3.49. The number of imidazole rings is 1. The summed E-state index contributed by atoms with van der Waals surface area (Å²) in [4.78, 5) is 14.8. The highest BCUT2D eigenvalue weighted by atomic mass is 16.1. The lowest BCUT2D eigenvalue weighted by atomic mass is 10.2. The maximum absolute atomic E-state index is 11.9. The zero-order chi connectivity index (χ0) is 11.1. The predicted molar refractivity (Wildman–Crippen MR) is 63.6 cm³/mol. The van der Waals surface area contributed by atoms with Crippen molar-refractivity contribution in [2.24, 2.45) is 0 Å². The maximum atomic E-state index is 11.9. The van der Waals surface area contributed by atoms with E-state index in [2.05, 4.69) is 10.3 Å². The fraction of sp³-hybridized carbons (Fsp3) is 0.417. The summed E-state index contributed by atoms with van der Waals surface area (Å²) in [6.07, 6.45) is 2.32. The van der Waals surface area contributed by atoms with Gasteiger partial charge < -0.3 is 4.98 Å². The van der Waals surface area contributed by atoms with E-state index >= 15 is 0 Å². The summed E-state index contributed by atoms with van der Waals surface area (Å²) in [5.74, 6) is 0. The number of nitrogens with one attached hydrogen (secondary N) is 2. The van der Waals surface area contributed by atoms with Gasteiger partial charge in [-0.1, -0.05) is 6.07 Å². The van der Waals surface area contributed by atoms with Gasteiger partial charge in [-0.05, 0) is 44.0 Å². The van der Waals surface area contributed by atoms with Crippen LogP contribution >= 0.6 is 0 Å². The molecule has 0 amide bonds. The predicted octanol–water partition coefficient (Wildman–Crippen LogP) is 1.52. The molecular weight excluding hydrogens is 202 g/mol. The second-order valence-corrected chi connectivity index (χ2v) is 4.43. The molecule has 1 aliphatic rings. The normalized spacial score (nSPS) is 20.7. The number of H-pyrrole nitrogens is 1. The minimum Gasteiger partial charge on any atom is -0.305 e. The summed E-state index contributed by atoms with van der Waals surface area (Å²) in [5, 5.41) is 3.35. The molecular formula is C12H15N3O. The van der Waals surface area contributed by atoms with E-state index in [4.69, 9.17) is 0 Å². The third-order valence-corrected chi connectivity index (χ3v) is 3.22. The Morgan fingerprint density at radius 1 is 1.44 bits per heavy atom. The van der Waals surface area contributed by atoms with Crippen molar-refractivity contribution in [1.29, 1.82) is 0 Å². The summed E-state index contributed by atoms with van der Waals surface area (Å²) in [7, 11) is 0. The van der Waals surface area contributed by atoms with Crippen LogP contribution in [0.2, 0.25) is 0 Å². The lowest BCUT2D eigenvalue weighted by Gasteiger charge is -2.11. The Bertz CT molecular complexity index is 575. The molecule has 1 atom stereocenters. The summed E-state index contributed by atoms with van der Waals surface area (Å²) < 4.78 is 1.84. The van der Waals surface area contributed by atoms with Gasteiger partial charge in [-0.2, -0.15) is 0 Å². The van der Waals surface area contributed by atoms with Gasteiger partial charge in [0.25, 0.3) is 0 Å². The van der Waals surface area contributed by atoms with Crippen LogP contribution in [0.4, 0.5) is 0 Å². The standard InChI is InChI=1S/C12H15N3O/c1-8-4-5-10-9(7-8)14-12(16)15(10)11-3-2-6-13-11/h4-5,7,11,13H,2-3,6H2,1H3,(H,14,16). The number of aromatic amines is 1. The molecule has 1 unspecified atom stereocenters. The number of hydrogen-bond donors (Lipinski definition) is 2. The fourth-order valence-corrected chi connectivity index (χ4v) is 2.44. The Morgan fingerprint density at radius 2 is 2.31 bits per heavy atom. The molecule has 2 N–H and O–H groups in total. The van der Waals surface area contributed by atoms with Crippen molar-refractivity contribution in [2.75, 3.05) is 6.54 Å². The van der Waals surface area contributed by atoms with Gasteiger partial charge in [-0.15, -0.1) is 0 Å². The molecule has 1 aromatic carbocycles. The van der Waals surface area contributed by atoms with Crippen molar-refractivity contribution in [1.82, 2.24) is 14.9 Å². The van der Waals surface area contributed by atoms with Crippen molar-refractivity contribution >= 4 is 11.0 Å². The summed E-state index contributed by atoms with van der Waals surface area (Å²) in [5.41, 5.74) is 3.08. The van der Waals surface area contributed by atoms with Crippen LogP contribution < -0.4 is 11.0 Å². The number of hydrogen-bond acceptors (Lipinski definition) is 2. The topological polar surface area (TPSA) is 49.8 Å². The van der Waals surface area contributed by atoms with Gasteiger partial charge in [0.2, 0.25) is 0 Å². The number of aryl methyl sites for hydroxylation is 1. The molecule has 0 radical (unpaired) electrons. The molecule has 0 spiro atoms. The van der Waals surface area contributed by atoms with E-state index in [1.54, 1.807) is 0 Å². The van der Waals surface area contributed by atoms with E-state index in [0.29, 0.717) is 0 Å². The van der Waals surface area contributed by atoms with E-state index in [1.165, 1.54) is 5.56 Å². The molecule has 0 saturated carbocycles. The molecule has 2 aromatic rings. The van der Waals surface area contributed by atoms with E-state index in [-0.39, 0.29) is 11.9 Å². The van der Waals surface area contributed by atoms with Gasteiger partial charge in [0, 0.05) is 0 Å². The smallest absolute Gasteiger partial charge is 0.305 e. The quantitative estimate of drug-likeness (QED) is 0.761. The number of fused-ring (bicyclic) bond motifs is 1. The van der Waals surface area contributed by atoms with Gasteiger partial charge in [-0.25, -0.2) is 4.79 Å². The van der Waals surface area contributed by atoms with Gasteiger partial charge >= 0.3 is 5.69 Å². The first kappa shape index (κ1) is 9.66. The van der Waals surface area contributed by atoms with Crippen LogP contribution in [0, 0.1) is 6.92 Å². The summed E-state index contributed by atoms with van der Waals surface area (Å²) >= 11 is 0.